The highest BCUT2D eigenvalue weighted by Crippen LogP contribution is 2.23. The Morgan fingerprint density at radius 2 is 1.65 bits per heavy atom. The van der Waals surface area contributed by atoms with E-state index in [1.165, 1.54) is 24.8 Å². The van der Waals surface area contributed by atoms with Crippen molar-refractivity contribution >= 4 is 5.91 Å². The van der Waals surface area contributed by atoms with E-state index in [2.05, 4.69) is 31.3 Å². The molecule has 1 atom stereocenters. The van der Waals surface area contributed by atoms with Crippen molar-refractivity contribution in [2.45, 2.75) is 64.0 Å². The zero-order valence-electron chi connectivity index (χ0n) is 12.6. The zero-order chi connectivity index (χ0) is 14.5. The van der Waals surface area contributed by atoms with Crippen LogP contribution in [0.1, 0.15) is 69.0 Å². The largest absolute Gasteiger partial charge is 0.368 e. The first-order valence-electron chi connectivity index (χ1n) is 7.73. The maximum atomic E-state index is 11.8. The van der Waals surface area contributed by atoms with Gasteiger partial charge in [-0.25, -0.2) is 0 Å². The lowest BCUT2D eigenvalue weighted by Gasteiger charge is -2.27. The molecule has 0 radical (unpaired) electrons. The number of carbonyl (C=O) groups excluding carboxylic acids is 1. The molecule has 2 rings (SSSR count). The van der Waals surface area contributed by atoms with Crippen molar-refractivity contribution < 1.29 is 4.79 Å². The van der Waals surface area contributed by atoms with Crippen LogP contribution in [-0.2, 0) is 4.79 Å². The van der Waals surface area contributed by atoms with Crippen LogP contribution < -0.4 is 11.1 Å². The molecule has 0 aliphatic heterocycles. The molecule has 3 nitrogen and oxygen atoms in total. The Morgan fingerprint density at radius 3 is 2.15 bits per heavy atom. The number of rotatable bonds is 5. The smallest absolute Gasteiger partial charge is 0.239 e. The Bertz CT molecular complexity index is 433. The summed E-state index contributed by atoms with van der Waals surface area (Å²) in [6, 6.07) is 8.31. The van der Waals surface area contributed by atoms with Gasteiger partial charge in [0.1, 0.15) is 6.04 Å². The van der Waals surface area contributed by atoms with Gasteiger partial charge in [0.25, 0.3) is 0 Å². The fraction of sp³-hybridized carbons (Fsp3) is 0.588. The van der Waals surface area contributed by atoms with Gasteiger partial charge in [-0.3, -0.25) is 10.1 Å². The summed E-state index contributed by atoms with van der Waals surface area (Å²) in [4.78, 5) is 11.8. The van der Waals surface area contributed by atoms with E-state index in [0.717, 1.165) is 18.4 Å². The monoisotopic (exact) mass is 274 g/mol. The predicted molar refractivity (Wildman–Crippen MR) is 82.5 cm³/mol. The van der Waals surface area contributed by atoms with Gasteiger partial charge in [-0.1, -0.05) is 57.4 Å². The molecule has 0 spiro atoms. The second-order valence-electron chi connectivity index (χ2n) is 6.16. The molecule has 0 aromatic heterocycles. The van der Waals surface area contributed by atoms with E-state index in [9.17, 15) is 4.79 Å². The highest BCUT2D eigenvalue weighted by molar-refractivity contribution is 5.81. The summed E-state index contributed by atoms with van der Waals surface area (Å²) in [5.74, 6) is 0.218. The fourth-order valence-electron chi connectivity index (χ4n) is 2.92. The van der Waals surface area contributed by atoms with Gasteiger partial charge in [0.2, 0.25) is 5.91 Å². The molecule has 1 aromatic carbocycles. The summed E-state index contributed by atoms with van der Waals surface area (Å²) >= 11 is 0. The lowest BCUT2D eigenvalue weighted by Crippen LogP contribution is -2.40. The summed E-state index contributed by atoms with van der Waals surface area (Å²) in [6.45, 7) is 4.34. The van der Waals surface area contributed by atoms with Crippen LogP contribution in [0.4, 0.5) is 0 Å². The number of amides is 1. The van der Waals surface area contributed by atoms with Gasteiger partial charge in [0.15, 0.2) is 0 Å². The van der Waals surface area contributed by atoms with Crippen LogP contribution in [0.15, 0.2) is 24.3 Å². The number of hydrogen-bond acceptors (Lipinski definition) is 2. The second-order valence-corrected chi connectivity index (χ2v) is 6.16. The lowest BCUT2D eigenvalue weighted by molar-refractivity contribution is -0.120. The van der Waals surface area contributed by atoms with Crippen LogP contribution >= 0.6 is 0 Å². The van der Waals surface area contributed by atoms with E-state index >= 15 is 0 Å². The molecule has 0 saturated heterocycles. The Hall–Kier alpha value is -1.35. The first kappa shape index (κ1) is 15.0. The topological polar surface area (TPSA) is 55.1 Å². The van der Waals surface area contributed by atoms with E-state index in [-0.39, 0.29) is 11.9 Å². The number of nitrogens with one attached hydrogen (secondary N) is 1. The van der Waals surface area contributed by atoms with Crippen LogP contribution in [0.3, 0.4) is 0 Å². The first-order valence-corrected chi connectivity index (χ1v) is 7.73. The van der Waals surface area contributed by atoms with Crippen molar-refractivity contribution in [1.82, 2.24) is 5.32 Å². The van der Waals surface area contributed by atoms with E-state index in [0.29, 0.717) is 12.0 Å². The maximum Gasteiger partial charge on any atom is 0.239 e. The minimum atomic E-state index is -0.362. The highest BCUT2D eigenvalue weighted by atomic mass is 16.1. The normalized spacial score (nSPS) is 18.1. The van der Waals surface area contributed by atoms with Gasteiger partial charge >= 0.3 is 0 Å². The minimum absolute atomic E-state index is 0.284. The Labute approximate surface area is 121 Å². The van der Waals surface area contributed by atoms with Crippen LogP contribution in [0.2, 0.25) is 0 Å². The average Bonchev–Trinajstić information content (AvgIpc) is 2.45. The molecule has 1 unspecified atom stereocenters. The molecular formula is C17H26N2O. The summed E-state index contributed by atoms with van der Waals surface area (Å²) in [5, 5.41) is 3.45. The van der Waals surface area contributed by atoms with Crippen LogP contribution in [0, 0.1) is 0 Å². The molecule has 1 aliphatic carbocycles. The van der Waals surface area contributed by atoms with Gasteiger partial charge < -0.3 is 5.73 Å². The van der Waals surface area contributed by atoms with Gasteiger partial charge in [0, 0.05) is 6.04 Å². The average molecular weight is 274 g/mol. The van der Waals surface area contributed by atoms with Crippen molar-refractivity contribution in [3.05, 3.63) is 35.4 Å². The van der Waals surface area contributed by atoms with Gasteiger partial charge in [-0.05, 0) is 29.9 Å². The summed E-state index contributed by atoms with van der Waals surface area (Å²) < 4.78 is 0. The molecule has 3 N–H and O–H groups in total. The van der Waals surface area contributed by atoms with E-state index in [1.54, 1.807) is 0 Å². The molecule has 0 heterocycles. The minimum Gasteiger partial charge on any atom is -0.368 e. The Kier molecular flexibility index (Phi) is 5.18. The number of nitrogens with two attached hydrogens (primary N) is 1. The third-order valence-corrected chi connectivity index (χ3v) is 4.23. The predicted octanol–water partition coefficient (Wildman–Crippen LogP) is 3.26. The molecular weight excluding hydrogens is 248 g/mol. The van der Waals surface area contributed by atoms with E-state index < -0.39 is 0 Å². The van der Waals surface area contributed by atoms with Crippen molar-refractivity contribution in [3.63, 3.8) is 0 Å². The molecule has 110 valence electrons. The number of carbonyl (C=O) groups is 1. The molecule has 1 fully saturated rings. The Morgan fingerprint density at radius 1 is 1.10 bits per heavy atom. The molecule has 0 bridgehead atoms. The zero-order valence-corrected chi connectivity index (χ0v) is 12.6. The van der Waals surface area contributed by atoms with Crippen molar-refractivity contribution in [3.8, 4) is 0 Å². The molecule has 1 saturated carbocycles. The SMILES string of the molecule is CC(C)c1ccc(C(NC2CCCCC2)C(N)=O)cc1. The molecule has 1 aromatic rings. The van der Waals surface area contributed by atoms with Crippen molar-refractivity contribution in [2.75, 3.05) is 0 Å². The first-order chi connectivity index (χ1) is 9.58. The second kappa shape index (κ2) is 6.89. The van der Waals surface area contributed by atoms with Crippen LogP contribution in [0.25, 0.3) is 0 Å². The molecule has 20 heavy (non-hydrogen) atoms. The molecule has 1 aliphatic rings. The van der Waals surface area contributed by atoms with Crippen LogP contribution in [0.5, 0.6) is 0 Å². The van der Waals surface area contributed by atoms with Crippen molar-refractivity contribution in [1.29, 1.82) is 0 Å². The summed E-state index contributed by atoms with van der Waals surface area (Å²) in [7, 11) is 0. The number of primary amides is 1. The quantitative estimate of drug-likeness (QED) is 0.866. The molecule has 3 heteroatoms. The Balaban J connectivity index is 2.09. The third-order valence-electron chi connectivity index (χ3n) is 4.23. The molecule has 1 amide bonds. The lowest BCUT2D eigenvalue weighted by atomic mass is 9.93. The van der Waals surface area contributed by atoms with Gasteiger partial charge in [-0.15, -0.1) is 0 Å². The standard InChI is InChI=1S/C17H26N2O/c1-12(2)13-8-10-14(11-9-13)16(17(18)20)19-15-6-4-3-5-7-15/h8-12,15-16,19H,3-7H2,1-2H3,(H2,18,20). The van der Waals surface area contributed by atoms with Crippen LogP contribution in [-0.4, -0.2) is 11.9 Å². The highest BCUT2D eigenvalue weighted by Gasteiger charge is 2.23. The summed E-state index contributed by atoms with van der Waals surface area (Å²) in [5.41, 5.74) is 7.85. The van der Waals surface area contributed by atoms with Gasteiger partial charge in [-0.2, -0.15) is 0 Å². The number of hydrogen-bond donors (Lipinski definition) is 2. The van der Waals surface area contributed by atoms with Crippen molar-refractivity contribution in [2.24, 2.45) is 5.73 Å². The van der Waals surface area contributed by atoms with E-state index in [4.69, 9.17) is 5.73 Å². The third kappa shape index (κ3) is 3.83. The maximum absolute atomic E-state index is 11.8. The van der Waals surface area contributed by atoms with Gasteiger partial charge in [0.05, 0.1) is 0 Å². The summed E-state index contributed by atoms with van der Waals surface area (Å²) in [6.07, 6.45) is 6.09. The van der Waals surface area contributed by atoms with E-state index in [1.807, 2.05) is 12.1 Å². The fourth-order valence-corrected chi connectivity index (χ4v) is 2.92. The number of benzene rings is 1.